The van der Waals surface area contributed by atoms with Crippen LogP contribution in [0, 0.1) is 0 Å². The van der Waals surface area contributed by atoms with Crippen LogP contribution in [0.1, 0.15) is 25.0 Å². The second-order valence-corrected chi connectivity index (χ2v) is 26.9. The summed E-state index contributed by atoms with van der Waals surface area (Å²) in [7, 11) is 0. The van der Waals surface area contributed by atoms with Gasteiger partial charge in [0.2, 0.25) is 0 Å². The van der Waals surface area contributed by atoms with Gasteiger partial charge in [-0.15, -0.1) is 44.8 Å². The molecule has 4 heteroatoms. The number of fused-ring (bicyclic) bond motifs is 6. The molecule has 12 rings (SSSR count). The third kappa shape index (κ3) is 9.58. The van der Waals surface area contributed by atoms with Crippen molar-refractivity contribution in [3.05, 3.63) is 230 Å². The maximum atomic E-state index is 2.39. The van der Waals surface area contributed by atoms with E-state index in [0.29, 0.717) is 0 Å². The van der Waals surface area contributed by atoms with Crippen molar-refractivity contribution in [1.82, 2.24) is 0 Å². The van der Waals surface area contributed by atoms with E-state index < -0.39 is 0 Å². The van der Waals surface area contributed by atoms with Crippen LogP contribution in [0.2, 0.25) is 13.1 Å². The molecule has 0 fully saturated rings. The van der Waals surface area contributed by atoms with E-state index in [9.17, 15) is 0 Å². The Labute approximate surface area is 428 Å². The van der Waals surface area contributed by atoms with E-state index in [0.717, 1.165) is 12.8 Å². The molecule has 0 unspecified atom stereocenters. The van der Waals surface area contributed by atoms with Crippen LogP contribution in [0.25, 0.3) is 109 Å². The summed E-state index contributed by atoms with van der Waals surface area (Å²) in [5.74, 6) is 0. The van der Waals surface area contributed by atoms with Crippen LogP contribution >= 0.6 is 0 Å². The second kappa shape index (κ2) is 21.6. The van der Waals surface area contributed by atoms with Crippen molar-refractivity contribution in [1.29, 1.82) is 0 Å². The summed E-state index contributed by atoms with van der Waals surface area (Å²) in [5.41, 5.74) is 13.5. The molecule has 0 atom stereocenters. The quantitative estimate of drug-likeness (QED) is 0.115. The van der Waals surface area contributed by atoms with Gasteiger partial charge >= 0.3 is 41.9 Å². The Hall–Kier alpha value is -5.86. The molecule has 0 N–H and O–H groups in total. The number of benzene rings is 10. The topological polar surface area (TPSA) is 0 Å². The number of rotatable bonds is 6. The third-order valence-corrected chi connectivity index (χ3v) is 13.0. The smallest absolute Gasteiger partial charge is 1.00 e. The zero-order valence-corrected chi connectivity index (χ0v) is 43.9. The third-order valence-electron chi connectivity index (χ3n) is 13.0. The molecule has 0 aliphatic heterocycles. The maximum Gasteiger partial charge on any atom is -1.00 e. The average Bonchev–Trinajstić information content (AvgIpc) is 4.01. The predicted octanol–water partition coefficient (Wildman–Crippen LogP) is 12.3. The van der Waals surface area contributed by atoms with Gasteiger partial charge in [-0.1, -0.05) is 241 Å². The maximum absolute atomic E-state index is 2.39. The molecule has 0 heterocycles. The molecule has 0 spiro atoms. The molecular weight excluding hydrogens is 959 g/mol. The van der Waals surface area contributed by atoms with E-state index in [1.165, 1.54) is 120 Å². The summed E-state index contributed by atoms with van der Waals surface area (Å²) < 4.78 is 0. The second-order valence-electron chi connectivity index (χ2n) is 17.5. The van der Waals surface area contributed by atoms with Crippen molar-refractivity contribution in [2.24, 2.45) is 0 Å². The Morgan fingerprint density at radius 1 is 0.324 bits per heavy atom. The zero-order valence-electron chi connectivity index (χ0n) is 39.0. The first-order chi connectivity index (χ1) is 32.4. The first kappa shape index (κ1) is 48.6. The number of aryl methyl sites for hydroxylation is 2. The molecule has 68 heavy (non-hydrogen) atoms. The van der Waals surface area contributed by atoms with E-state index in [2.05, 4.69) is 245 Å². The van der Waals surface area contributed by atoms with Gasteiger partial charge in [-0.25, -0.2) is 0 Å². The summed E-state index contributed by atoms with van der Waals surface area (Å²) in [5, 5.41) is 15.8. The van der Waals surface area contributed by atoms with Crippen molar-refractivity contribution in [2.45, 2.75) is 39.8 Å². The molecule has 0 nitrogen and oxygen atoms in total. The molecule has 12 aromatic carbocycles. The van der Waals surface area contributed by atoms with E-state index in [1.54, 1.807) is 23.3 Å². The molecular formula is C64H52Cl2SiZr-2. The molecule has 0 bridgehead atoms. The van der Waals surface area contributed by atoms with Crippen molar-refractivity contribution in [3.63, 3.8) is 0 Å². The van der Waals surface area contributed by atoms with Gasteiger partial charge in [-0.3, -0.25) is 0 Å². The van der Waals surface area contributed by atoms with Crippen LogP contribution in [-0.4, -0.2) is 5.43 Å². The fourth-order valence-corrected chi connectivity index (χ4v) is 9.91. The summed E-state index contributed by atoms with van der Waals surface area (Å²) in [6.07, 6.45) is 2.08. The van der Waals surface area contributed by atoms with Crippen LogP contribution < -0.4 is 24.8 Å². The number of hydrogen-bond acceptors (Lipinski definition) is 0. The zero-order chi connectivity index (χ0) is 45.1. The molecule has 0 saturated carbocycles. The van der Waals surface area contributed by atoms with Crippen molar-refractivity contribution < 1.29 is 48.1 Å². The first-order valence-corrected chi connectivity index (χ1v) is 29.5. The van der Waals surface area contributed by atoms with Gasteiger partial charge in [0.25, 0.3) is 0 Å². The van der Waals surface area contributed by atoms with Crippen LogP contribution in [0.4, 0.5) is 0 Å². The Bertz CT molecular complexity index is 3240. The van der Waals surface area contributed by atoms with Crippen LogP contribution in [0.5, 0.6) is 0 Å². The first-order valence-electron chi connectivity index (χ1n) is 23.3. The Morgan fingerprint density at radius 2 is 0.559 bits per heavy atom. The minimum absolute atomic E-state index is 0. The number of hydrogen-bond donors (Lipinski definition) is 0. The van der Waals surface area contributed by atoms with E-state index in [1.807, 2.05) is 0 Å². The Kier molecular flexibility index (Phi) is 15.4. The van der Waals surface area contributed by atoms with Crippen LogP contribution in [0.15, 0.2) is 218 Å². The molecule has 0 aliphatic carbocycles. The van der Waals surface area contributed by atoms with Gasteiger partial charge in [-0.05, 0) is 67.1 Å². The van der Waals surface area contributed by atoms with Crippen molar-refractivity contribution in [2.75, 3.05) is 0 Å². The van der Waals surface area contributed by atoms with Gasteiger partial charge in [-0.2, -0.15) is 12.1 Å². The largest absolute Gasteiger partial charge is 1.00 e. The Morgan fingerprint density at radius 3 is 0.853 bits per heavy atom. The standard InChI is InChI=1S/2C31H23.C2H6Si.2ClH.Zr/c2*1-2-21-19-30-28(26-15-7-11-22-9-3-5-13-24(22)26)17-18-29(31(30)20-21)27-16-8-12-23-10-4-6-14-25(23)27;1-3-2;;;/h2*3-20H,2H2,1H3;1-2H3;2*1H;/q2*-1;;;;+2/p-2. The minimum Gasteiger partial charge on any atom is -1.00 e. The SMILES string of the molecule is CCc1cc2c(-c3cccc4ccccc34)ccc(-c3cccc4ccccc34)c2[cH-]1.CCc1cc2c(-c3cccc4ccccc34)ccc(-c3cccc4ccccc34)c2[cH-]1.C[Si](C)=[Zr+2].[Cl-].[Cl-]. The Balaban J connectivity index is 0.000000166. The van der Waals surface area contributed by atoms with Gasteiger partial charge in [0, 0.05) is 0 Å². The normalized spacial score (nSPS) is 10.9. The van der Waals surface area contributed by atoms with Gasteiger partial charge < -0.3 is 24.8 Å². The molecule has 12 aromatic rings. The van der Waals surface area contributed by atoms with E-state index >= 15 is 0 Å². The fourth-order valence-electron chi connectivity index (χ4n) is 9.91. The van der Waals surface area contributed by atoms with E-state index in [4.69, 9.17) is 0 Å². The van der Waals surface area contributed by atoms with E-state index in [-0.39, 0.29) is 30.2 Å². The van der Waals surface area contributed by atoms with Crippen LogP contribution in [-0.2, 0) is 36.2 Å². The van der Waals surface area contributed by atoms with Gasteiger partial charge in [0.1, 0.15) is 0 Å². The molecule has 332 valence electrons. The van der Waals surface area contributed by atoms with Crippen molar-refractivity contribution in [3.8, 4) is 44.5 Å². The molecule has 0 amide bonds. The van der Waals surface area contributed by atoms with Gasteiger partial charge in [0.05, 0.1) is 0 Å². The van der Waals surface area contributed by atoms with Crippen LogP contribution in [0.3, 0.4) is 0 Å². The minimum atomic E-state index is 0. The molecule has 0 radical (unpaired) electrons. The summed E-state index contributed by atoms with van der Waals surface area (Å²) >= 11 is 1.74. The molecule has 0 aromatic heterocycles. The summed E-state index contributed by atoms with van der Waals surface area (Å²) in [6.45, 7) is 9.10. The average molecular weight is 1010 g/mol. The number of halogens is 2. The monoisotopic (exact) mass is 1010 g/mol. The molecule has 0 aliphatic rings. The predicted molar refractivity (Wildman–Crippen MR) is 287 cm³/mol. The van der Waals surface area contributed by atoms with Crippen molar-refractivity contribution >= 4 is 70.1 Å². The summed E-state index contributed by atoms with van der Waals surface area (Å²) in [6, 6.07) is 80.1. The molecule has 0 saturated heterocycles. The van der Waals surface area contributed by atoms with Gasteiger partial charge in [0.15, 0.2) is 0 Å². The fraction of sp³-hybridized carbons (Fsp3) is 0.0938. The summed E-state index contributed by atoms with van der Waals surface area (Å²) in [4.78, 5) is 0.